The van der Waals surface area contributed by atoms with Crippen LogP contribution in [0.2, 0.25) is 0 Å². The van der Waals surface area contributed by atoms with E-state index in [0.717, 1.165) is 25.9 Å². The summed E-state index contributed by atoms with van der Waals surface area (Å²) in [6.45, 7) is 0. The number of hydrogen-bond donors (Lipinski definition) is 1. The van der Waals surface area contributed by atoms with Gasteiger partial charge in [0.1, 0.15) is 0 Å². The quantitative estimate of drug-likeness (QED) is 0.377. The number of methoxy groups -OCH3 is 2. The maximum absolute atomic E-state index is 5.35. The van der Waals surface area contributed by atoms with Gasteiger partial charge in [-0.05, 0) is 52.4 Å². The first-order valence-corrected chi connectivity index (χ1v) is 8.34. The summed E-state index contributed by atoms with van der Waals surface area (Å²) in [5.74, 6) is 2.08. The third-order valence-corrected chi connectivity index (χ3v) is 4.42. The lowest BCUT2D eigenvalue weighted by molar-refractivity contribution is 0.353. The average Bonchev–Trinajstić information content (AvgIpc) is 2.91. The van der Waals surface area contributed by atoms with E-state index in [9.17, 15) is 0 Å². The molecule has 0 aliphatic carbocycles. The van der Waals surface area contributed by atoms with Crippen LogP contribution in [0.15, 0.2) is 41.5 Å². The first kappa shape index (κ1) is 16.6. The highest BCUT2D eigenvalue weighted by molar-refractivity contribution is 14.1. The molecule has 0 unspecified atom stereocenters. The van der Waals surface area contributed by atoms with Gasteiger partial charge < -0.3 is 14.0 Å². The summed E-state index contributed by atoms with van der Waals surface area (Å²) in [5.41, 5.74) is 5.87. The second-order valence-corrected chi connectivity index (χ2v) is 6.25. The summed E-state index contributed by atoms with van der Waals surface area (Å²) in [6.07, 6.45) is 1.73. The van der Waals surface area contributed by atoms with E-state index in [-0.39, 0.29) is 0 Å². The van der Waals surface area contributed by atoms with E-state index < -0.39 is 0 Å². The minimum Gasteiger partial charge on any atom is -0.493 e. The molecule has 6 nitrogen and oxygen atoms in total. The van der Waals surface area contributed by atoms with Gasteiger partial charge in [-0.15, -0.1) is 0 Å². The van der Waals surface area contributed by atoms with Gasteiger partial charge >= 0.3 is 0 Å². The fourth-order valence-corrected chi connectivity index (χ4v) is 3.27. The second kappa shape index (κ2) is 7.08. The number of ether oxygens (including phenoxy) is 2. The van der Waals surface area contributed by atoms with Crippen LogP contribution in [0.25, 0.3) is 11.0 Å². The predicted octanol–water partition coefficient (Wildman–Crippen LogP) is 3.64. The number of hydrogen-bond acceptors (Lipinski definition) is 5. The van der Waals surface area contributed by atoms with E-state index in [1.165, 1.54) is 0 Å². The second-order valence-electron chi connectivity index (χ2n) is 5.09. The van der Waals surface area contributed by atoms with Crippen molar-refractivity contribution in [3.05, 3.63) is 45.5 Å². The highest BCUT2D eigenvalue weighted by Crippen LogP contribution is 2.33. The normalized spacial score (nSPS) is 11.2. The smallest absolute Gasteiger partial charge is 0.224 e. The average molecular weight is 436 g/mol. The van der Waals surface area contributed by atoms with Crippen molar-refractivity contribution in [2.45, 2.75) is 0 Å². The molecule has 0 spiro atoms. The maximum atomic E-state index is 5.35. The standard InChI is InChI=1S/C17H17IN4O2/c1-22-14-7-5-4-6-13(14)20-17(22)21-19-10-11-8-12(18)16(24-3)15(9-11)23-2/h4-10H,1-3H3,(H,20,21)/b19-10-. The Morgan fingerprint density at radius 2 is 2.00 bits per heavy atom. The van der Waals surface area contributed by atoms with E-state index in [0.29, 0.717) is 11.7 Å². The zero-order valence-corrected chi connectivity index (χ0v) is 15.7. The molecule has 0 fully saturated rings. The molecule has 0 aliphatic rings. The van der Waals surface area contributed by atoms with Crippen LogP contribution in [0.5, 0.6) is 11.5 Å². The Balaban J connectivity index is 1.83. The van der Waals surface area contributed by atoms with Crippen molar-refractivity contribution in [1.82, 2.24) is 9.55 Å². The summed E-state index contributed by atoms with van der Waals surface area (Å²) in [4.78, 5) is 4.51. The molecule has 124 valence electrons. The number of benzene rings is 2. The highest BCUT2D eigenvalue weighted by Gasteiger charge is 2.10. The van der Waals surface area contributed by atoms with E-state index in [4.69, 9.17) is 9.47 Å². The first-order chi connectivity index (χ1) is 11.6. The minimum absolute atomic E-state index is 0.675. The number of nitrogens with zero attached hydrogens (tertiary/aromatic N) is 3. The van der Waals surface area contributed by atoms with Crippen molar-refractivity contribution in [2.24, 2.45) is 12.1 Å². The number of para-hydroxylation sites is 2. The fourth-order valence-electron chi connectivity index (χ4n) is 2.42. The zero-order chi connectivity index (χ0) is 17.1. The summed E-state index contributed by atoms with van der Waals surface area (Å²) >= 11 is 2.21. The van der Waals surface area contributed by atoms with Gasteiger partial charge in [-0.1, -0.05) is 12.1 Å². The molecule has 2 aromatic carbocycles. The molecular formula is C17H17IN4O2. The first-order valence-electron chi connectivity index (χ1n) is 7.26. The molecule has 0 radical (unpaired) electrons. The van der Waals surface area contributed by atoms with Crippen LogP contribution >= 0.6 is 22.6 Å². The molecule has 1 N–H and O–H groups in total. The van der Waals surface area contributed by atoms with Crippen LogP contribution in [0.1, 0.15) is 5.56 Å². The lowest BCUT2D eigenvalue weighted by Gasteiger charge is -2.10. The van der Waals surface area contributed by atoms with Gasteiger partial charge in [-0.3, -0.25) is 0 Å². The van der Waals surface area contributed by atoms with Gasteiger partial charge in [0, 0.05) is 7.05 Å². The third-order valence-electron chi connectivity index (χ3n) is 3.62. The zero-order valence-electron chi connectivity index (χ0n) is 13.6. The molecule has 0 bridgehead atoms. The largest absolute Gasteiger partial charge is 0.493 e. The van der Waals surface area contributed by atoms with Gasteiger partial charge in [0.2, 0.25) is 5.95 Å². The van der Waals surface area contributed by atoms with Crippen molar-refractivity contribution in [1.29, 1.82) is 0 Å². The lowest BCUT2D eigenvalue weighted by atomic mass is 10.2. The summed E-state index contributed by atoms with van der Waals surface area (Å²) < 4.78 is 13.6. The molecule has 1 aromatic heterocycles. The summed E-state index contributed by atoms with van der Waals surface area (Å²) in [5, 5.41) is 4.28. The van der Waals surface area contributed by atoms with Crippen molar-refractivity contribution >= 4 is 45.8 Å². The number of nitrogens with one attached hydrogen (secondary N) is 1. The Morgan fingerprint density at radius 1 is 1.21 bits per heavy atom. The van der Waals surface area contributed by atoms with Gasteiger partial charge in [-0.2, -0.15) is 5.10 Å². The Morgan fingerprint density at radius 3 is 2.71 bits per heavy atom. The molecule has 0 saturated heterocycles. The Kier molecular flexibility index (Phi) is 4.89. The number of hydrazone groups is 1. The summed E-state index contributed by atoms with van der Waals surface area (Å²) in [7, 11) is 5.19. The number of rotatable bonds is 5. The molecule has 1 heterocycles. The summed E-state index contributed by atoms with van der Waals surface area (Å²) in [6, 6.07) is 11.8. The number of aromatic nitrogens is 2. The number of halogens is 1. The van der Waals surface area contributed by atoms with E-state index in [1.54, 1.807) is 20.4 Å². The SMILES string of the molecule is COc1cc(/C=N\Nc2nc3ccccc3n2C)cc(I)c1OC. The van der Waals surface area contributed by atoms with Crippen LogP contribution in [-0.4, -0.2) is 30.0 Å². The number of aryl methyl sites for hydroxylation is 1. The number of imidazole rings is 1. The van der Waals surface area contributed by atoms with Crippen LogP contribution < -0.4 is 14.9 Å². The Hall–Kier alpha value is -2.29. The fraction of sp³-hybridized carbons (Fsp3) is 0.176. The van der Waals surface area contributed by atoms with Crippen molar-refractivity contribution in [3.8, 4) is 11.5 Å². The van der Waals surface area contributed by atoms with Gasteiger partial charge in [0.15, 0.2) is 11.5 Å². The Bertz CT molecular complexity index is 905. The molecule has 24 heavy (non-hydrogen) atoms. The van der Waals surface area contributed by atoms with Crippen LogP contribution in [-0.2, 0) is 7.05 Å². The number of anilines is 1. The van der Waals surface area contributed by atoms with Crippen LogP contribution in [0.4, 0.5) is 5.95 Å². The lowest BCUT2D eigenvalue weighted by Crippen LogP contribution is -1.99. The van der Waals surface area contributed by atoms with Gasteiger partial charge in [0.05, 0.1) is 35.0 Å². The molecule has 3 rings (SSSR count). The van der Waals surface area contributed by atoms with E-state index in [2.05, 4.69) is 38.1 Å². The number of fused-ring (bicyclic) bond motifs is 1. The van der Waals surface area contributed by atoms with Crippen molar-refractivity contribution in [3.63, 3.8) is 0 Å². The Labute approximate surface area is 153 Å². The van der Waals surface area contributed by atoms with Gasteiger partial charge in [-0.25, -0.2) is 10.4 Å². The highest BCUT2D eigenvalue weighted by atomic mass is 127. The molecule has 0 atom stereocenters. The van der Waals surface area contributed by atoms with Gasteiger partial charge in [0.25, 0.3) is 0 Å². The van der Waals surface area contributed by atoms with Crippen molar-refractivity contribution < 1.29 is 9.47 Å². The predicted molar refractivity (Wildman–Crippen MR) is 104 cm³/mol. The third kappa shape index (κ3) is 3.16. The van der Waals surface area contributed by atoms with E-state index >= 15 is 0 Å². The monoisotopic (exact) mass is 436 g/mol. The van der Waals surface area contributed by atoms with Crippen LogP contribution in [0, 0.1) is 3.57 Å². The molecular weight excluding hydrogens is 419 g/mol. The van der Waals surface area contributed by atoms with Crippen LogP contribution in [0.3, 0.4) is 0 Å². The minimum atomic E-state index is 0.675. The van der Waals surface area contributed by atoms with E-state index in [1.807, 2.05) is 48.0 Å². The molecule has 0 amide bonds. The topological polar surface area (TPSA) is 60.7 Å². The molecule has 0 saturated carbocycles. The van der Waals surface area contributed by atoms with Crippen molar-refractivity contribution in [2.75, 3.05) is 19.6 Å². The molecule has 7 heteroatoms. The molecule has 3 aromatic rings. The molecule has 0 aliphatic heterocycles. The maximum Gasteiger partial charge on any atom is 0.224 e.